The number of nitrogens with two attached hydrogens (primary N) is 1. The first-order valence-electron chi connectivity index (χ1n) is 5.58. The normalized spacial score (nSPS) is 13.1. The van der Waals surface area contributed by atoms with Gasteiger partial charge in [0.25, 0.3) is 0 Å². The fraction of sp³-hybridized carbons (Fsp3) is 0.417. The molecule has 0 radical (unpaired) electrons. The smallest absolute Gasteiger partial charge is 0.201 e. The summed E-state index contributed by atoms with van der Waals surface area (Å²) in [7, 11) is 3.31. The van der Waals surface area contributed by atoms with Crippen LogP contribution in [0.4, 0.5) is 5.95 Å². The average Bonchev–Trinajstić information content (AvgIpc) is 2.65. The molecule has 0 bridgehead atoms. The van der Waals surface area contributed by atoms with Gasteiger partial charge < -0.3 is 19.8 Å². The Balaban J connectivity index is 2.36. The third kappa shape index (κ3) is 2.66. The van der Waals surface area contributed by atoms with E-state index in [-0.39, 0.29) is 6.10 Å². The minimum absolute atomic E-state index is 0.0475. The lowest BCUT2D eigenvalue weighted by Gasteiger charge is -2.16. The predicted molar refractivity (Wildman–Crippen MR) is 74.5 cm³/mol. The lowest BCUT2D eigenvalue weighted by molar-refractivity contribution is 0.0193. The summed E-state index contributed by atoms with van der Waals surface area (Å²) in [6.07, 6.45) is -0.0475. The van der Waals surface area contributed by atoms with E-state index in [1.165, 1.54) is 0 Å². The van der Waals surface area contributed by atoms with Crippen LogP contribution in [0.15, 0.2) is 22.7 Å². The van der Waals surface area contributed by atoms with Gasteiger partial charge in [0.15, 0.2) is 0 Å². The van der Waals surface area contributed by atoms with E-state index < -0.39 is 0 Å². The van der Waals surface area contributed by atoms with Crippen molar-refractivity contribution < 1.29 is 9.47 Å². The van der Waals surface area contributed by atoms with E-state index in [0.717, 1.165) is 15.5 Å². The Morgan fingerprint density at radius 2 is 2.22 bits per heavy atom. The molecule has 2 rings (SSSR count). The molecule has 0 aliphatic rings. The molecule has 0 fully saturated rings. The number of halogens is 1. The van der Waals surface area contributed by atoms with Gasteiger partial charge in [-0.15, -0.1) is 0 Å². The monoisotopic (exact) mass is 313 g/mol. The summed E-state index contributed by atoms with van der Waals surface area (Å²) in [5, 5.41) is 0. The molecule has 6 heteroatoms. The number of aromatic nitrogens is 2. The van der Waals surface area contributed by atoms with E-state index in [0.29, 0.717) is 19.1 Å². The Labute approximate surface area is 114 Å². The molecule has 1 aromatic carbocycles. The van der Waals surface area contributed by atoms with Crippen LogP contribution in [-0.2, 0) is 16.0 Å². The standard InChI is InChI=1S/C12H16BrN3O2/c1-17-7-9(18-2)6-16-11-5-8(13)3-4-10(11)15-12(16)14/h3-5,9H,6-7H2,1-2H3,(H2,14,15). The molecule has 0 aliphatic heterocycles. The lowest BCUT2D eigenvalue weighted by Crippen LogP contribution is -2.24. The van der Waals surface area contributed by atoms with Crippen molar-refractivity contribution in [3.63, 3.8) is 0 Å². The predicted octanol–water partition coefficient (Wildman–Crippen LogP) is 2.04. The van der Waals surface area contributed by atoms with Crippen molar-refractivity contribution >= 4 is 32.9 Å². The average molecular weight is 314 g/mol. The summed E-state index contributed by atoms with van der Waals surface area (Å²) in [6.45, 7) is 1.13. The molecule has 1 unspecified atom stereocenters. The third-order valence-corrected chi connectivity index (χ3v) is 3.31. The van der Waals surface area contributed by atoms with E-state index in [2.05, 4.69) is 20.9 Å². The van der Waals surface area contributed by atoms with Crippen molar-refractivity contribution in [3.8, 4) is 0 Å². The summed E-state index contributed by atoms with van der Waals surface area (Å²) in [5.74, 6) is 0.487. The highest BCUT2D eigenvalue weighted by Gasteiger charge is 2.14. The molecule has 1 atom stereocenters. The van der Waals surface area contributed by atoms with E-state index in [1.807, 2.05) is 22.8 Å². The highest BCUT2D eigenvalue weighted by atomic mass is 79.9. The molecule has 0 saturated heterocycles. The number of hydrogen-bond acceptors (Lipinski definition) is 4. The number of anilines is 1. The van der Waals surface area contributed by atoms with Crippen molar-refractivity contribution in [1.82, 2.24) is 9.55 Å². The Bertz CT molecular complexity index is 541. The van der Waals surface area contributed by atoms with Gasteiger partial charge >= 0.3 is 0 Å². The number of fused-ring (bicyclic) bond motifs is 1. The Hall–Kier alpha value is -1.11. The highest BCUT2D eigenvalue weighted by Crippen LogP contribution is 2.22. The van der Waals surface area contributed by atoms with E-state index in [4.69, 9.17) is 15.2 Å². The van der Waals surface area contributed by atoms with Crippen LogP contribution >= 0.6 is 15.9 Å². The molecule has 5 nitrogen and oxygen atoms in total. The molecular formula is C12H16BrN3O2. The van der Waals surface area contributed by atoms with Crippen LogP contribution in [0.2, 0.25) is 0 Å². The largest absolute Gasteiger partial charge is 0.382 e. The summed E-state index contributed by atoms with van der Waals surface area (Å²) in [4.78, 5) is 4.33. The molecule has 0 spiro atoms. The number of hydrogen-bond donors (Lipinski definition) is 1. The zero-order chi connectivity index (χ0) is 13.1. The van der Waals surface area contributed by atoms with Crippen LogP contribution in [0.1, 0.15) is 0 Å². The van der Waals surface area contributed by atoms with Crippen molar-refractivity contribution in [2.75, 3.05) is 26.6 Å². The molecule has 0 saturated carbocycles. The third-order valence-electron chi connectivity index (χ3n) is 2.81. The van der Waals surface area contributed by atoms with Crippen molar-refractivity contribution in [1.29, 1.82) is 0 Å². The van der Waals surface area contributed by atoms with Crippen molar-refractivity contribution in [3.05, 3.63) is 22.7 Å². The molecule has 18 heavy (non-hydrogen) atoms. The maximum Gasteiger partial charge on any atom is 0.201 e. The minimum atomic E-state index is -0.0475. The molecule has 2 N–H and O–H groups in total. The van der Waals surface area contributed by atoms with E-state index >= 15 is 0 Å². The number of benzene rings is 1. The van der Waals surface area contributed by atoms with Crippen molar-refractivity contribution in [2.45, 2.75) is 12.6 Å². The van der Waals surface area contributed by atoms with Crippen LogP contribution < -0.4 is 5.73 Å². The molecular weight excluding hydrogens is 298 g/mol. The van der Waals surface area contributed by atoms with Gasteiger partial charge in [0.1, 0.15) is 0 Å². The number of methoxy groups -OCH3 is 2. The SMILES string of the molecule is COCC(Cn1c(N)nc2ccc(Br)cc21)OC. The topological polar surface area (TPSA) is 62.3 Å². The van der Waals surface area contributed by atoms with Gasteiger partial charge in [-0.2, -0.15) is 0 Å². The number of imidazole rings is 1. The summed E-state index contributed by atoms with van der Waals surface area (Å²) >= 11 is 3.45. The number of ether oxygens (including phenoxy) is 2. The maximum atomic E-state index is 5.94. The van der Waals surface area contributed by atoms with E-state index in [9.17, 15) is 0 Å². The molecule has 0 amide bonds. The summed E-state index contributed by atoms with van der Waals surface area (Å²) in [6, 6.07) is 5.88. The number of nitrogens with zero attached hydrogens (tertiary/aromatic N) is 2. The Morgan fingerprint density at radius 3 is 2.89 bits per heavy atom. The quantitative estimate of drug-likeness (QED) is 0.917. The van der Waals surface area contributed by atoms with Crippen LogP contribution in [0.3, 0.4) is 0 Å². The zero-order valence-corrected chi connectivity index (χ0v) is 12.0. The molecule has 1 aromatic heterocycles. The van der Waals surface area contributed by atoms with Crippen molar-refractivity contribution in [2.24, 2.45) is 0 Å². The molecule has 1 heterocycles. The Morgan fingerprint density at radius 1 is 1.44 bits per heavy atom. The highest BCUT2D eigenvalue weighted by molar-refractivity contribution is 9.10. The molecule has 2 aromatic rings. The van der Waals surface area contributed by atoms with Gasteiger partial charge in [0.2, 0.25) is 5.95 Å². The van der Waals surface area contributed by atoms with Crippen LogP contribution in [0.25, 0.3) is 11.0 Å². The van der Waals surface area contributed by atoms with Crippen LogP contribution in [-0.4, -0.2) is 36.5 Å². The fourth-order valence-corrected chi connectivity index (χ4v) is 2.24. The fourth-order valence-electron chi connectivity index (χ4n) is 1.89. The van der Waals surface area contributed by atoms with Gasteiger partial charge in [-0.05, 0) is 18.2 Å². The minimum Gasteiger partial charge on any atom is -0.382 e. The molecule has 98 valence electrons. The second-order valence-corrected chi connectivity index (χ2v) is 4.94. The van der Waals surface area contributed by atoms with Gasteiger partial charge in [0.05, 0.1) is 30.3 Å². The second-order valence-electron chi connectivity index (χ2n) is 4.03. The van der Waals surface area contributed by atoms with Gasteiger partial charge in [0, 0.05) is 18.7 Å². The molecule has 0 aliphatic carbocycles. The number of rotatable bonds is 5. The summed E-state index contributed by atoms with van der Waals surface area (Å²) < 4.78 is 13.4. The zero-order valence-electron chi connectivity index (χ0n) is 10.4. The lowest BCUT2D eigenvalue weighted by atomic mass is 10.3. The van der Waals surface area contributed by atoms with Gasteiger partial charge in [-0.3, -0.25) is 0 Å². The van der Waals surface area contributed by atoms with E-state index in [1.54, 1.807) is 14.2 Å². The first kappa shape index (κ1) is 13.3. The summed E-state index contributed by atoms with van der Waals surface area (Å²) in [5.41, 5.74) is 7.81. The first-order chi connectivity index (χ1) is 8.65. The first-order valence-corrected chi connectivity index (χ1v) is 6.38. The maximum absolute atomic E-state index is 5.94. The second kappa shape index (κ2) is 5.69. The Kier molecular flexibility index (Phi) is 4.21. The van der Waals surface area contributed by atoms with Gasteiger partial charge in [-0.1, -0.05) is 15.9 Å². The number of nitrogen functional groups attached to an aromatic ring is 1. The van der Waals surface area contributed by atoms with Crippen LogP contribution in [0.5, 0.6) is 0 Å². The van der Waals surface area contributed by atoms with Crippen LogP contribution in [0, 0.1) is 0 Å². The van der Waals surface area contributed by atoms with Gasteiger partial charge in [-0.25, -0.2) is 4.98 Å².